The van der Waals surface area contributed by atoms with Gasteiger partial charge in [-0.2, -0.15) is 0 Å². The number of nitrogens with one attached hydrogen (secondary N) is 1. The van der Waals surface area contributed by atoms with Crippen LogP contribution in [0.3, 0.4) is 0 Å². The zero-order valence-electron chi connectivity index (χ0n) is 13.9. The van der Waals surface area contributed by atoms with E-state index in [-0.39, 0.29) is 12.2 Å². The van der Waals surface area contributed by atoms with Gasteiger partial charge in [0.2, 0.25) is 10.0 Å². The van der Waals surface area contributed by atoms with E-state index in [1.807, 2.05) is 0 Å². The van der Waals surface area contributed by atoms with Crippen molar-refractivity contribution in [3.05, 3.63) is 29.8 Å². The lowest BCUT2D eigenvalue weighted by Gasteiger charge is -2.15. The molecule has 1 aromatic carbocycles. The Morgan fingerprint density at radius 3 is 2.50 bits per heavy atom. The van der Waals surface area contributed by atoms with Crippen LogP contribution in [-0.2, 0) is 21.2 Å². The van der Waals surface area contributed by atoms with Gasteiger partial charge in [0.15, 0.2) is 0 Å². The maximum absolute atomic E-state index is 11.8. The number of ether oxygens (including phenoxy) is 1. The van der Waals surface area contributed by atoms with Gasteiger partial charge in [-0.25, -0.2) is 13.1 Å². The fraction of sp³-hybridized carbons (Fsp3) is 0.562. The van der Waals surface area contributed by atoms with Crippen LogP contribution in [0.2, 0.25) is 0 Å². The zero-order valence-corrected chi connectivity index (χ0v) is 14.7. The van der Waals surface area contributed by atoms with E-state index in [4.69, 9.17) is 10.5 Å². The highest BCUT2D eigenvalue weighted by molar-refractivity contribution is 7.89. The SMILES string of the molecule is CCCS(=O)(=O)N[C@@H](Cc1ccc(OCCCCN)cc1)C(=O)O. The Balaban J connectivity index is 2.63. The van der Waals surface area contributed by atoms with Gasteiger partial charge in [-0.15, -0.1) is 0 Å². The summed E-state index contributed by atoms with van der Waals surface area (Å²) in [4.78, 5) is 11.3. The standard InChI is InChI=1S/C16H26N2O5S/c1-2-11-24(21,22)18-15(16(19)20)12-13-5-7-14(8-6-13)23-10-4-3-9-17/h5-8,15,18H,2-4,9-12,17H2,1H3,(H,19,20)/t15-/m0/s1. The van der Waals surface area contributed by atoms with E-state index in [1.165, 1.54) is 0 Å². The molecule has 8 heteroatoms. The molecule has 136 valence electrons. The summed E-state index contributed by atoms with van der Waals surface area (Å²) in [5, 5.41) is 9.23. The average molecular weight is 358 g/mol. The van der Waals surface area contributed by atoms with Crippen LogP contribution in [0.25, 0.3) is 0 Å². The molecule has 0 heterocycles. The van der Waals surface area contributed by atoms with Crippen molar-refractivity contribution >= 4 is 16.0 Å². The average Bonchev–Trinajstić information content (AvgIpc) is 2.52. The highest BCUT2D eigenvalue weighted by Gasteiger charge is 2.23. The first-order valence-corrected chi connectivity index (χ1v) is 9.67. The van der Waals surface area contributed by atoms with Gasteiger partial charge in [-0.1, -0.05) is 19.1 Å². The second-order valence-electron chi connectivity index (χ2n) is 5.52. The molecule has 0 unspecified atom stereocenters. The van der Waals surface area contributed by atoms with Gasteiger partial charge in [0.25, 0.3) is 0 Å². The Bertz CT molecular complexity index is 601. The molecule has 0 amide bonds. The number of hydrogen-bond donors (Lipinski definition) is 3. The van der Waals surface area contributed by atoms with Crippen molar-refractivity contribution in [3.63, 3.8) is 0 Å². The first kappa shape index (κ1) is 20.4. The van der Waals surface area contributed by atoms with Crippen LogP contribution in [0.5, 0.6) is 5.75 Å². The lowest BCUT2D eigenvalue weighted by molar-refractivity contribution is -0.138. The molecular weight excluding hydrogens is 332 g/mol. The summed E-state index contributed by atoms with van der Waals surface area (Å²) in [5.41, 5.74) is 6.13. The van der Waals surface area contributed by atoms with Crippen molar-refractivity contribution in [2.45, 2.75) is 38.6 Å². The van der Waals surface area contributed by atoms with Crippen LogP contribution in [-0.4, -0.2) is 44.4 Å². The topological polar surface area (TPSA) is 119 Å². The summed E-state index contributed by atoms with van der Waals surface area (Å²) < 4.78 is 31.3. The van der Waals surface area contributed by atoms with Gasteiger partial charge in [0, 0.05) is 0 Å². The predicted octanol–water partition coefficient (Wildman–Crippen LogP) is 1.13. The second kappa shape index (κ2) is 10.3. The largest absolute Gasteiger partial charge is 0.494 e. The summed E-state index contributed by atoms with van der Waals surface area (Å²) >= 11 is 0. The van der Waals surface area contributed by atoms with Crippen LogP contribution >= 0.6 is 0 Å². The number of carbonyl (C=O) groups is 1. The molecule has 0 saturated carbocycles. The molecule has 0 aliphatic carbocycles. The van der Waals surface area contributed by atoms with Crippen molar-refractivity contribution in [2.24, 2.45) is 5.73 Å². The molecule has 0 radical (unpaired) electrons. The molecule has 7 nitrogen and oxygen atoms in total. The highest BCUT2D eigenvalue weighted by atomic mass is 32.2. The first-order valence-electron chi connectivity index (χ1n) is 8.02. The van der Waals surface area contributed by atoms with E-state index in [0.29, 0.717) is 25.3 Å². The van der Waals surface area contributed by atoms with Crippen molar-refractivity contribution in [1.29, 1.82) is 0 Å². The third-order valence-corrected chi connectivity index (χ3v) is 4.91. The third kappa shape index (κ3) is 7.76. The normalized spacial score (nSPS) is 12.8. The molecule has 0 aliphatic rings. The van der Waals surface area contributed by atoms with Crippen LogP contribution < -0.4 is 15.2 Å². The molecule has 1 aromatic rings. The molecule has 0 spiro atoms. The summed E-state index contributed by atoms with van der Waals surface area (Å²) in [6.45, 7) is 2.93. The third-order valence-electron chi connectivity index (χ3n) is 3.32. The van der Waals surface area contributed by atoms with Gasteiger partial charge in [0.1, 0.15) is 11.8 Å². The Hall–Kier alpha value is -1.64. The van der Waals surface area contributed by atoms with Crippen molar-refractivity contribution in [2.75, 3.05) is 18.9 Å². The van der Waals surface area contributed by atoms with E-state index in [1.54, 1.807) is 31.2 Å². The van der Waals surface area contributed by atoms with E-state index in [0.717, 1.165) is 18.4 Å². The number of rotatable bonds is 12. The summed E-state index contributed by atoms with van der Waals surface area (Å²) in [6.07, 6.45) is 2.28. The number of carboxylic acids is 1. The molecule has 4 N–H and O–H groups in total. The van der Waals surface area contributed by atoms with E-state index < -0.39 is 22.0 Å². The van der Waals surface area contributed by atoms with Crippen molar-refractivity contribution in [1.82, 2.24) is 4.72 Å². The molecule has 1 rings (SSSR count). The van der Waals surface area contributed by atoms with Crippen LogP contribution in [0.1, 0.15) is 31.7 Å². The van der Waals surface area contributed by atoms with Gasteiger partial charge in [-0.3, -0.25) is 4.79 Å². The molecule has 0 fully saturated rings. The number of nitrogens with two attached hydrogens (primary N) is 1. The van der Waals surface area contributed by atoms with Gasteiger partial charge in [0.05, 0.1) is 12.4 Å². The minimum Gasteiger partial charge on any atom is -0.494 e. The van der Waals surface area contributed by atoms with E-state index in [2.05, 4.69) is 4.72 Å². The van der Waals surface area contributed by atoms with E-state index in [9.17, 15) is 18.3 Å². The summed E-state index contributed by atoms with van der Waals surface area (Å²) in [5.74, 6) is -0.599. The van der Waals surface area contributed by atoms with Gasteiger partial charge >= 0.3 is 5.97 Å². The quantitative estimate of drug-likeness (QED) is 0.482. The lowest BCUT2D eigenvalue weighted by atomic mass is 10.1. The maximum atomic E-state index is 11.8. The molecule has 0 saturated heterocycles. The minimum atomic E-state index is -3.59. The number of sulfonamides is 1. The van der Waals surface area contributed by atoms with Gasteiger partial charge in [-0.05, 0) is 49.9 Å². The fourth-order valence-corrected chi connectivity index (χ4v) is 3.39. The molecule has 0 aliphatic heterocycles. The smallest absolute Gasteiger partial charge is 0.322 e. The first-order chi connectivity index (χ1) is 11.4. The molecule has 0 aromatic heterocycles. The number of unbranched alkanes of at least 4 members (excludes halogenated alkanes) is 1. The summed E-state index contributed by atoms with van der Waals surface area (Å²) in [7, 11) is -3.59. The minimum absolute atomic E-state index is 0.0751. The maximum Gasteiger partial charge on any atom is 0.322 e. The van der Waals surface area contributed by atoms with Crippen LogP contribution in [0.15, 0.2) is 24.3 Å². The number of hydrogen-bond acceptors (Lipinski definition) is 5. The van der Waals surface area contributed by atoms with Crippen molar-refractivity contribution in [3.8, 4) is 5.75 Å². The number of carboxylic acid groups (broad SMARTS) is 1. The Morgan fingerprint density at radius 1 is 1.29 bits per heavy atom. The van der Waals surface area contributed by atoms with Crippen molar-refractivity contribution < 1.29 is 23.1 Å². The molecular formula is C16H26N2O5S. The lowest BCUT2D eigenvalue weighted by Crippen LogP contribution is -2.43. The molecule has 0 bridgehead atoms. The molecule has 1 atom stereocenters. The predicted molar refractivity (Wildman–Crippen MR) is 92.6 cm³/mol. The fourth-order valence-electron chi connectivity index (χ4n) is 2.12. The van der Waals surface area contributed by atoms with E-state index >= 15 is 0 Å². The Labute approximate surface area is 143 Å². The van der Waals surface area contributed by atoms with Crippen LogP contribution in [0.4, 0.5) is 0 Å². The number of benzene rings is 1. The Kier molecular flexibility index (Phi) is 8.73. The zero-order chi connectivity index (χ0) is 18.0. The monoisotopic (exact) mass is 358 g/mol. The van der Waals surface area contributed by atoms with Gasteiger partial charge < -0.3 is 15.6 Å². The Morgan fingerprint density at radius 2 is 1.96 bits per heavy atom. The molecule has 24 heavy (non-hydrogen) atoms. The second-order valence-corrected chi connectivity index (χ2v) is 7.39. The number of aliphatic carboxylic acids is 1. The summed E-state index contributed by atoms with van der Waals surface area (Å²) in [6, 6.07) is 5.79. The highest BCUT2D eigenvalue weighted by Crippen LogP contribution is 2.14. The van der Waals surface area contributed by atoms with Crippen LogP contribution in [0, 0.1) is 0 Å².